The summed E-state index contributed by atoms with van der Waals surface area (Å²) in [6, 6.07) is 4.36. The molecule has 1 heterocycles. The van der Waals surface area contributed by atoms with Gasteiger partial charge in [-0.15, -0.1) is 0 Å². The first-order valence-corrected chi connectivity index (χ1v) is 7.62. The van der Waals surface area contributed by atoms with E-state index in [1.54, 1.807) is 0 Å². The third-order valence-electron chi connectivity index (χ3n) is 3.05. The highest BCUT2D eigenvalue weighted by Crippen LogP contribution is 2.34. The predicted molar refractivity (Wildman–Crippen MR) is 66.8 cm³/mol. The van der Waals surface area contributed by atoms with Crippen LogP contribution in [0.25, 0.3) is 0 Å². The fourth-order valence-corrected chi connectivity index (χ4v) is 3.78. The zero-order valence-electron chi connectivity index (χ0n) is 10.2. The van der Waals surface area contributed by atoms with Gasteiger partial charge in [0.25, 0.3) is 0 Å². The molecule has 20 heavy (non-hydrogen) atoms. The molecule has 0 bridgehead atoms. The normalized spacial score (nSPS) is 21.4. The summed E-state index contributed by atoms with van der Waals surface area (Å²) in [5.41, 5.74) is -1.31. The van der Waals surface area contributed by atoms with E-state index in [0.717, 1.165) is 12.1 Å². The average molecular weight is 304 g/mol. The van der Waals surface area contributed by atoms with Crippen molar-refractivity contribution in [1.82, 2.24) is 0 Å². The number of hydrogen-bond acceptors (Lipinski definition) is 4. The van der Waals surface area contributed by atoms with Crippen molar-refractivity contribution < 1.29 is 21.6 Å². The van der Waals surface area contributed by atoms with Gasteiger partial charge in [0.2, 0.25) is 0 Å². The van der Waals surface area contributed by atoms with Crippen molar-refractivity contribution in [2.24, 2.45) is 0 Å². The van der Waals surface area contributed by atoms with E-state index in [1.165, 1.54) is 12.1 Å². The van der Waals surface area contributed by atoms with Crippen LogP contribution in [0.2, 0.25) is 0 Å². The first kappa shape index (κ1) is 14.7. The Bertz CT molecular complexity index is 662. The average Bonchev–Trinajstić information content (AvgIpc) is 2.67. The minimum atomic E-state index is -4.62. The Hall–Kier alpha value is -1.75. The van der Waals surface area contributed by atoms with Crippen LogP contribution >= 0.6 is 0 Å². The predicted octanol–water partition coefficient (Wildman–Crippen LogP) is 2.18. The van der Waals surface area contributed by atoms with Crippen LogP contribution in [0, 0.1) is 11.3 Å². The van der Waals surface area contributed by atoms with E-state index in [4.69, 9.17) is 5.26 Å². The standard InChI is InChI=1S/C12H11F3N2O2S/c13-12(14,15)11-5-9(2-1-8(11)6-16)17-10-3-4-20(18,19)7-10/h1-2,5,10,17H,3-4,7H2/t10-/m0/s1. The SMILES string of the molecule is N#Cc1ccc(N[C@H]2CCS(=O)(=O)C2)cc1C(F)(F)F. The lowest BCUT2D eigenvalue weighted by atomic mass is 10.1. The van der Waals surface area contributed by atoms with Crippen LogP contribution in [0.15, 0.2) is 18.2 Å². The maximum Gasteiger partial charge on any atom is 0.417 e. The topological polar surface area (TPSA) is 70.0 Å². The lowest BCUT2D eigenvalue weighted by Gasteiger charge is -2.15. The number of anilines is 1. The third-order valence-corrected chi connectivity index (χ3v) is 4.82. The number of alkyl halides is 3. The maximum absolute atomic E-state index is 12.8. The fraction of sp³-hybridized carbons (Fsp3) is 0.417. The molecule has 2 rings (SSSR count). The molecule has 0 saturated carbocycles. The number of nitrogens with zero attached hydrogens (tertiary/aromatic N) is 1. The van der Waals surface area contributed by atoms with Crippen LogP contribution in [-0.2, 0) is 16.0 Å². The van der Waals surface area contributed by atoms with Gasteiger partial charge in [0, 0.05) is 11.7 Å². The molecule has 0 aromatic heterocycles. The first-order chi connectivity index (χ1) is 9.21. The lowest BCUT2D eigenvalue weighted by molar-refractivity contribution is -0.137. The van der Waals surface area contributed by atoms with Gasteiger partial charge in [0.05, 0.1) is 28.7 Å². The third kappa shape index (κ3) is 3.22. The molecule has 1 aromatic rings. The molecule has 1 N–H and O–H groups in total. The Kier molecular flexibility index (Phi) is 3.65. The molecular formula is C12H11F3N2O2S. The van der Waals surface area contributed by atoms with E-state index in [1.807, 2.05) is 0 Å². The zero-order valence-corrected chi connectivity index (χ0v) is 11.1. The summed E-state index contributed by atoms with van der Waals surface area (Å²) in [5, 5.41) is 11.4. The molecule has 1 aliphatic rings. The van der Waals surface area contributed by atoms with Gasteiger partial charge in [-0.05, 0) is 24.6 Å². The molecule has 1 aliphatic heterocycles. The Balaban J connectivity index is 2.25. The summed E-state index contributed by atoms with van der Waals surface area (Å²) < 4.78 is 60.9. The van der Waals surface area contributed by atoms with Crippen molar-refractivity contribution in [1.29, 1.82) is 5.26 Å². The second kappa shape index (κ2) is 4.98. The molecule has 0 spiro atoms. The Morgan fingerprint density at radius 1 is 1.35 bits per heavy atom. The van der Waals surface area contributed by atoms with Crippen molar-refractivity contribution >= 4 is 15.5 Å². The van der Waals surface area contributed by atoms with Gasteiger partial charge in [-0.1, -0.05) is 0 Å². The first-order valence-electron chi connectivity index (χ1n) is 5.79. The molecule has 1 atom stereocenters. The van der Waals surface area contributed by atoms with Crippen molar-refractivity contribution in [3.63, 3.8) is 0 Å². The molecule has 1 saturated heterocycles. The van der Waals surface area contributed by atoms with Gasteiger partial charge in [-0.2, -0.15) is 18.4 Å². The minimum Gasteiger partial charge on any atom is -0.381 e. The van der Waals surface area contributed by atoms with E-state index < -0.39 is 33.2 Å². The van der Waals surface area contributed by atoms with Crippen molar-refractivity contribution in [3.05, 3.63) is 29.3 Å². The van der Waals surface area contributed by atoms with Crippen LogP contribution in [0.1, 0.15) is 17.5 Å². The number of hydrogen-bond donors (Lipinski definition) is 1. The van der Waals surface area contributed by atoms with E-state index in [-0.39, 0.29) is 17.2 Å². The highest BCUT2D eigenvalue weighted by atomic mass is 32.2. The molecule has 8 heteroatoms. The number of nitrogens with one attached hydrogen (secondary N) is 1. The van der Waals surface area contributed by atoms with Gasteiger partial charge in [0.15, 0.2) is 9.84 Å². The minimum absolute atomic E-state index is 0.0348. The second-order valence-electron chi connectivity index (χ2n) is 4.61. The summed E-state index contributed by atoms with van der Waals surface area (Å²) in [5.74, 6) is -0.0541. The number of halogens is 3. The zero-order chi connectivity index (χ0) is 15.0. The van der Waals surface area contributed by atoms with Crippen LogP contribution in [0.4, 0.5) is 18.9 Å². The number of sulfone groups is 1. The van der Waals surface area contributed by atoms with E-state index >= 15 is 0 Å². The van der Waals surface area contributed by atoms with Crippen LogP contribution < -0.4 is 5.32 Å². The highest BCUT2D eigenvalue weighted by Gasteiger charge is 2.34. The summed E-state index contributed by atoms with van der Waals surface area (Å²) in [6.07, 6.45) is -4.26. The maximum atomic E-state index is 12.8. The summed E-state index contributed by atoms with van der Waals surface area (Å²) in [4.78, 5) is 0. The summed E-state index contributed by atoms with van der Waals surface area (Å²) in [6.45, 7) is 0. The largest absolute Gasteiger partial charge is 0.417 e. The molecule has 0 aliphatic carbocycles. The van der Waals surface area contributed by atoms with Crippen LogP contribution in [-0.4, -0.2) is 26.0 Å². The molecule has 0 amide bonds. The molecule has 108 valence electrons. The van der Waals surface area contributed by atoms with Crippen molar-refractivity contribution in [2.45, 2.75) is 18.6 Å². The number of benzene rings is 1. The van der Waals surface area contributed by atoms with E-state index in [0.29, 0.717) is 6.42 Å². The van der Waals surface area contributed by atoms with Crippen molar-refractivity contribution in [2.75, 3.05) is 16.8 Å². The van der Waals surface area contributed by atoms with Crippen molar-refractivity contribution in [3.8, 4) is 6.07 Å². The van der Waals surface area contributed by atoms with Gasteiger partial charge in [0.1, 0.15) is 0 Å². The Morgan fingerprint density at radius 3 is 2.55 bits per heavy atom. The molecule has 0 radical (unpaired) electrons. The van der Waals surface area contributed by atoms with Gasteiger partial charge in [-0.25, -0.2) is 8.42 Å². The molecule has 1 fully saturated rings. The molecule has 0 unspecified atom stereocenters. The quantitative estimate of drug-likeness (QED) is 0.909. The lowest BCUT2D eigenvalue weighted by Crippen LogP contribution is -2.21. The van der Waals surface area contributed by atoms with Gasteiger partial charge in [-0.3, -0.25) is 0 Å². The molecular weight excluding hydrogens is 293 g/mol. The fourth-order valence-electron chi connectivity index (χ4n) is 2.11. The molecule has 1 aromatic carbocycles. The van der Waals surface area contributed by atoms with Gasteiger partial charge < -0.3 is 5.32 Å². The summed E-state index contributed by atoms with van der Waals surface area (Å²) in [7, 11) is -3.10. The monoisotopic (exact) mass is 304 g/mol. The number of nitriles is 1. The van der Waals surface area contributed by atoms with Crippen LogP contribution in [0.3, 0.4) is 0 Å². The van der Waals surface area contributed by atoms with E-state index in [9.17, 15) is 21.6 Å². The summed E-state index contributed by atoms with van der Waals surface area (Å²) >= 11 is 0. The number of rotatable bonds is 2. The second-order valence-corrected chi connectivity index (χ2v) is 6.84. The van der Waals surface area contributed by atoms with Gasteiger partial charge >= 0.3 is 6.18 Å². The van der Waals surface area contributed by atoms with Crippen LogP contribution in [0.5, 0.6) is 0 Å². The Morgan fingerprint density at radius 2 is 2.05 bits per heavy atom. The smallest absolute Gasteiger partial charge is 0.381 e. The highest BCUT2D eigenvalue weighted by molar-refractivity contribution is 7.91. The van der Waals surface area contributed by atoms with E-state index in [2.05, 4.69) is 5.32 Å². The molecule has 4 nitrogen and oxygen atoms in total. The Labute approximate surface area is 114 Å².